The van der Waals surface area contributed by atoms with Gasteiger partial charge in [0.2, 0.25) is 5.91 Å². The Morgan fingerprint density at radius 3 is 2.53 bits per heavy atom. The SMILES string of the molecule is CC(C)CC1(C(=O)O)CC(C(N)=O)C(c2nccs2)N1C(=O)c1ccc(Cl)c(Cl)c1. The van der Waals surface area contributed by atoms with Crippen LogP contribution in [0, 0.1) is 11.8 Å². The molecule has 3 unspecified atom stereocenters. The molecule has 2 aromatic rings. The van der Waals surface area contributed by atoms with Gasteiger partial charge in [0.1, 0.15) is 10.5 Å². The number of halogens is 2. The number of hydrogen-bond donors (Lipinski definition) is 2. The second kappa shape index (κ2) is 8.53. The topological polar surface area (TPSA) is 114 Å². The van der Waals surface area contributed by atoms with Gasteiger partial charge in [0, 0.05) is 17.1 Å². The molecule has 0 saturated carbocycles. The molecule has 3 rings (SSSR count). The van der Waals surface area contributed by atoms with Gasteiger partial charge >= 0.3 is 5.97 Å². The highest BCUT2D eigenvalue weighted by Gasteiger charge is 2.61. The average Bonchev–Trinajstić information content (AvgIpc) is 3.29. The number of benzene rings is 1. The number of carbonyl (C=O) groups is 3. The minimum atomic E-state index is -1.62. The first-order chi connectivity index (χ1) is 14.1. The van der Waals surface area contributed by atoms with E-state index in [4.69, 9.17) is 28.9 Å². The summed E-state index contributed by atoms with van der Waals surface area (Å²) in [5, 5.41) is 12.9. The number of nitrogens with zero attached hydrogens (tertiary/aromatic N) is 2. The summed E-state index contributed by atoms with van der Waals surface area (Å²) < 4.78 is 0. The highest BCUT2D eigenvalue weighted by molar-refractivity contribution is 7.09. The van der Waals surface area contributed by atoms with Gasteiger partial charge in [-0.3, -0.25) is 9.59 Å². The van der Waals surface area contributed by atoms with Gasteiger partial charge in [0.05, 0.1) is 22.0 Å². The molecule has 1 aliphatic rings. The molecule has 1 saturated heterocycles. The van der Waals surface area contributed by atoms with Gasteiger partial charge in [-0.05, 0) is 37.0 Å². The number of primary amides is 1. The van der Waals surface area contributed by atoms with Crippen molar-refractivity contribution in [2.45, 2.75) is 38.3 Å². The molecule has 1 aromatic heterocycles. The van der Waals surface area contributed by atoms with E-state index < -0.39 is 35.3 Å². The molecule has 2 amide bonds. The number of amides is 2. The van der Waals surface area contributed by atoms with Gasteiger partial charge < -0.3 is 15.7 Å². The van der Waals surface area contributed by atoms with E-state index in [9.17, 15) is 19.5 Å². The molecule has 1 aromatic carbocycles. The zero-order valence-electron chi connectivity index (χ0n) is 16.3. The number of carboxylic acids is 1. The van der Waals surface area contributed by atoms with Crippen molar-refractivity contribution >= 4 is 52.3 Å². The average molecular weight is 470 g/mol. The van der Waals surface area contributed by atoms with Crippen LogP contribution in [0.5, 0.6) is 0 Å². The predicted molar refractivity (Wildman–Crippen MR) is 115 cm³/mol. The van der Waals surface area contributed by atoms with E-state index in [2.05, 4.69) is 4.98 Å². The number of nitrogens with two attached hydrogens (primary N) is 1. The van der Waals surface area contributed by atoms with Gasteiger partial charge in [-0.2, -0.15) is 0 Å². The number of hydrogen-bond acceptors (Lipinski definition) is 5. The third-order valence-electron chi connectivity index (χ3n) is 5.28. The van der Waals surface area contributed by atoms with Gasteiger partial charge in [-0.25, -0.2) is 9.78 Å². The Balaban J connectivity index is 2.23. The lowest BCUT2D eigenvalue weighted by atomic mass is 9.83. The van der Waals surface area contributed by atoms with E-state index >= 15 is 0 Å². The van der Waals surface area contributed by atoms with Crippen LogP contribution < -0.4 is 5.73 Å². The molecule has 30 heavy (non-hydrogen) atoms. The third kappa shape index (κ3) is 3.91. The van der Waals surface area contributed by atoms with Gasteiger partial charge in [-0.15, -0.1) is 11.3 Å². The molecule has 7 nitrogen and oxygen atoms in total. The van der Waals surface area contributed by atoms with Crippen LogP contribution in [0.4, 0.5) is 0 Å². The maximum Gasteiger partial charge on any atom is 0.329 e. The highest BCUT2D eigenvalue weighted by atomic mass is 35.5. The first kappa shape index (κ1) is 22.5. The molecule has 0 bridgehead atoms. The van der Waals surface area contributed by atoms with E-state index in [0.717, 1.165) is 0 Å². The molecule has 10 heteroatoms. The lowest BCUT2D eigenvalue weighted by molar-refractivity contribution is -0.150. The summed E-state index contributed by atoms with van der Waals surface area (Å²) in [6, 6.07) is 3.46. The van der Waals surface area contributed by atoms with E-state index in [0.29, 0.717) is 5.01 Å². The molecule has 0 radical (unpaired) electrons. The maximum atomic E-state index is 13.7. The van der Waals surface area contributed by atoms with Crippen molar-refractivity contribution in [1.29, 1.82) is 0 Å². The van der Waals surface area contributed by atoms with E-state index in [-0.39, 0.29) is 34.4 Å². The maximum absolute atomic E-state index is 13.7. The normalized spacial score (nSPS) is 23.7. The molecule has 1 aliphatic heterocycles. The number of aliphatic carboxylic acids is 1. The summed E-state index contributed by atoms with van der Waals surface area (Å²) in [7, 11) is 0. The summed E-state index contributed by atoms with van der Waals surface area (Å²) in [4.78, 5) is 44.1. The molecule has 0 aliphatic carbocycles. The fourth-order valence-corrected chi connectivity index (χ4v) is 5.25. The van der Waals surface area contributed by atoms with Crippen molar-refractivity contribution in [2.75, 3.05) is 0 Å². The van der Waals surface area contributed by atoms with Crippen molar-refractivity contribution < 1.29 is 19.5 Å². The van der Waals surface area contributed by atoms with E-state index in [1.807, 2.05) is 13.8 Å². The standard InChI is InChI=1S/C20H21Cl2N3O4S/c1-10(2)8-20(19(28)29)9-12(16(23)26)15(17-24-5-6-30-17)25(20)18(27)11-3-4-13(21)14(22)7-11/h3-7,10,12,15H,8-9H2,1-2H3,(H2,23,26)(H,28,29). The van der Waals surface area contributed by atoms with Crippen LogP contribution in [-0.4, -0.2) is 38.3 Å². The third-order valence-corrected chi connectivity index (χ3v) is 6.86. The quantitative estimate of drug-likeness (QED) is 0.663. The molecule has 0 spiro atoms. The first-order valence-electron chi connectivity index (χ1n) is 9.29. The molecular formula is C20H21Cl2N3O4S. The number of likely N-dealkylation sites (tertiary alicyclic amines) is 1. The van der Waals surface area contributed by atoms with Crippen LogP contribution in [0.3, 0.4) is 0 Å². The number of rotatable bonds is 6. The fraction of sp³-hybridized carbons (Fsp3) is 0.400. The van der Waals surface area contributed by atoms with Crippen LogP contribution in [0.2, 0.25) is 10.0 Å². The monoisotopic (exact) mass is 469 g/mol. The van der Waals surface area contributed by atoms with Crippen molar-refractivity contribution in [3.8, 4) is 0 Å². The summed E-state index contributed by atoms with van der Waals surface area (Å²) in [5.74, 6) is -3.38. The largest absolute Gasteiger partial charge is 0.479 e. The summed E-state index contributed by atoms with van der Waals surface area (Å²) in [6.45, 7) is 3.73. The fourth-order valence-electron chi connectivity index (χ4n) is 4.16. The Morgan fingerprint density at radius 2 is 2.03 bits per heavy atom. The first-order valence-corrected chi connectivity index (χ1v) is 10.9. The van der Waals surface area contributed by atoms with Crippen molar-refractivity contribution in [1.82, 2.24) is 9.88 Å². The minimum Gasteiger partial charge on any atom is -0.479 e. The van der Waals surface area contributed by atoms with Crippen molar-refractivity contribution in [2.24, 2.45) is 17.6 Å². The number of thiazole rings is 1. The highest BCUT2D eigenvalue weighted by Crippen LogP contribution is 2.50. The summed E-state index contributed by atoms with van der Waals surface area (Å²) in [5.41, 5.74) is 4.21. The second-order valence-electron chi connectivity index (χ2n) is 7.77. The second-order valence-corrected chi connectivity index (χ2v) is 9.51. The Labute approximate surface area is 187 Å². The Hall–Kier alpha value is -2.16. The Bertz CT molecular complexity index is 982. The van der Waals surface area contributed by atoms with Gasteiger partial charge in [0.15, 0.2) is 0 Å². The molecule has 3 N–H and O–H groups in total. The minimum absolute atomic E-state index is 0.0613. The van der Waals surface area contributed by atoms with Crippen molar-refractivity contribution in [3.05, 3.63) is 50.4 Å². The molecule has 1 fully saturated rings. The lowest BCUT2D eigenvalue weighted by Gasteiger charge is -2.38. The predicted octanol–water partition coefficient (Wildman–Crippen LogP) is 4.01. The van der Waals surface area contributed by atoms with Crippen LogP contribution in [0.1, 0.15) is 48.1 Å². The zero-order valence-corrected chi connectivity index (χ0v) is 18.7. The lowest BCUT2D eigenvalue weighted by Crippen LogP contribution is -2.54. The molecular weight excluding hydrogens is 449 g/mol. The number of carboxylic acid groups (broad SMARTS) is 1. The Morgan fingerprint density at radius 1 is 1.33 bits per heavy atom. The Kier molecular flexibility index (Phi) is 6.40. The molecule has 3 atom stereocenters. The summed E-state index contributed by atoms with van der Waals surface area (Å²) in [6.07, 6.45) is 1.61. The van der Waals surface area contributed by atoms with E-state index in [1.165, 1.54) is 34.4 Å². The van der Waals surface area contributed by atoms with Crippen LogP contribution in [-0.2, 0) is 9.59 Å². The zero-order chi connectivity index (χ0) is 22.2. The van der Waals surface area contributed by atoms with Crippen LogP contribution >= 0.6 is 34.5 Å². The van der Waals surface area contributed by atoms with Crippen LogP contribution in [0.25, 0.3) is 0 Å². The van der Waals surface area contributed by atoms with Crippen molar-refractivity contribution in [3.63, 3.8) is 0 Å². The smallest absolute Gasteiger partial charge is 0.329 e. The van der Waals surface area contributed by atoms with Crippen LogP contribution in [0.15, 0.2) is 29.8 Å². The number of aromatic nitrogens is 1. The summed E-state index contributed by atoms with van der Waals surface area (Å²) >= 11 is 13.3. The van der Waals surface area contributed by atoms with Gasteiger partial charge in [-0.1, -0.05) is 37.0 Å². The number of carbonyl (C=O) groups excluding carboxylic acids is 2. The molecule has 160 valence electrons. The molecule has 2 heterocycles. The van der Waals surface area contributed by atoms with Gasteiger partial charge in [0.25, 0.3) is 5.91 Å². The van der Waals surface area contributed by atoms with E-state index in [1.54, 1.807) is 11.6 Å².